The normalized spacial score (nSPS) is 17.6. The zero-order valence-electron chi connectivity index (χ0n) is 16.6. The number of ether oxygens (including phenoxy) is 1. The third-order valence-corrected chi connectivity index (χ3v) is 5.40. The molecule has 2 aliphatic heterocycles. The van der Waals surface area contributed by atoms with Gasteiger partial charge in [0.1, 0.15) is 5.75 Å². The number of Topliss-reactive ketones (excluding diaryl/α,β-unsaturated/α-hetero) is 1. The Morgan fingerprint density at radius 2 is 1.46 bits per heavy atom. The molecular weight excluding hydrogens is 358 g/mol. The standard InChI is InChI=1S/C21H29N3O4/c1-2-19(25)17-5-7-18(8-6-17)28-16-21(27)24-13-11-22(12-14-24)15-20(26)23-9-3-4-10-23/h5-8H,2-4,9-16H2,1H3. The Kier molecular flexibility index (Phi) is 7.03. The minimum atomic E-state index is -0.0563. The van der Waals surface area contributed by atoms with Gasteiger partial charge in [-0.1, -0.05) is 6.92 Å². The summed E-state index contributed by atoms with van der Waals surface area (Å²) in [5.74, 6) is 0.810. The van der Waals surface area contributed by atoms with Crippen molar-refractivity contribution in [3.63, 3.8) is 0 Å². The van der Waals surface area contributed by atoms with Gasteiger partial charge in [0.2, 0.25) is 5.91 Å². The van der Waals surface area contributed by atoms with Gasteiger partial charge in [-0.05, 0) is 37.1 Å². The number of benzene rings is 1. The number of nitrogens with zero attached hydrogens (tertiary/aromatic N) is 3. The number of rotatable bonds is 7. The summed E-state index contributed by atoms with van der Waals surface area (Å²) >= 11 is 0. The summed E-state index contributed by atoms with van der Waals surface area (Å²) in [7, 11) is 0. The lowest BCUT2D eigenvalue weighted by molar-refractivity contribution is -0.136. The fourth-order valence-corrected chi connectivity index (χ4v) is 3.59. The Morgan fingerprint density at radius 3 is 2.07 bits per heavy atom. The van der Waals surface area contributed by atoms with Crippen LogP contribution in [0.2, 0.25) is 0 Å². The maximum absolute atomic E-state index is 12.4. The molecule has 0 spiro atoms. The molecule has 0 aliphatic carbocycles. The minimum Gasteiger partial charge on any atom is -0.484 e. The summed E-state index contributed by atoms with van der Waals surface area (Å²) in [6.07, 6.45) is 2.67. The molecule has 28 heavy (non-hydrogen) atoms. The van der Waals surface area contributed by atoms with E-state index in [-0.39, 0.29) is 24.2 Å². The van der Waals surface area contributed by atoms with Crippen LogP contribution in [0, 0.1) is 0 Å². The molecule has 2 fully saturated rings. The zero-order valence-corrected chi connectivity index (χ0v) is 16.6. The first kappa shape index (κ1) is 20.3. The van der Waals surface area contributed by atoms with E-state index in [1.807, 2.05) is 11.8 Å². The van der Waals surface area contributed by atoms with Crippen LogP contribution in [0.4, 0.5) is 0 Å². The molecule has 0 aromatic heterocycles. The lowest BCUT2D eigenvalue weighted by Crippen LogP contribution is -2.52. The first-order chi connectivity index (χ1) is 13.6. The molecule has 7 nitrogen and oxygen atoms in total. The van der Waals surface area contributed by atoms with Crippen LogP contribution in [0.1, 0.15) is 36.5 Å². The van der Waals surface area contributed by atoms with Gasteiger partial charge in [0.25, 0.3) is 5.91 Å². The molecule has 2 heterocycles. The van der Waals surface area contributed by atoms with Gasteiger partial charge in [0.15, 0.2) is 12.4 Å². The lowest BCUT2D eigenvalue weighted by Gasteiger charge is -2.35. The van der Waals surface area contributed by atoms with Gasteiger partial charge in [-0.2, -0.15) is 0 Å². The van der Waals surface area contributed by atoms with Crippen molar-refractivity contribution < 1.29 is 19.1 Å². The first-order valence-corrected chi connectivity index (χ1v) is 10.1. The summed E-state index contributed by atoms with van der Waals surface area (Å²) < 4.78 is 5.57. The second-order valence-electron chi connectivity index (χ2n) is 7.33. The number of hydrogen-bond donors (Lipinski definition) is 0. The molecule has 0 N–H and O–H groups in total. The van der Waals surface area contributed by atoms with Crippen LogP contribution < -0.4 is 4.74 Å². The van der Waals surface area contributed by atoms with Gasteiger partial charge >= 0.3 is 0 Å². The Labute approximate surface area is 166 Å². The number of carbonyl (C=O) groups excluding carboxylic acids is 3. The molecule has 0 saturated carbocycles. The maximum atomic E-state index is 12.4. The highest BCUT2D eigenvalue weighted by molar-refractivity contribution is 5.95. The Bertz CT molecular complexity index is 690. The summed E-state index contributed by atoms with van der Waals surface area (Å²) in [6, 6.07) is 6.89. The molecule has 1 aromatic carbocycles. The fraction of sp³-hybridized carbons (Fsp3) is 0.571. The Balaban J connectivity index is 1.39. The molecule has 2 amide bonds. The van der Waals surface area contributed by atoms with E-state index in [4.69, 9.17) is 4.74 Å². The molecule has 0 radical (unpaired) electrons. The van der Waals surface area contributed by atoms with E-state index in [9.17, 15) is 14.4 Å². The molecule has 2 saturated heterocycles. The molecule has 0 bridgehead atoms. The maximum Gasteiger partial charge on any atom is 0.260 e. The number of piperazine rings is 1. The number of carbonyl (C=O) groups is 3. The van der Waals surface area contributed by atoms with Gasteiger partial charge in [0, 0.05) is 51.3 Å². The van der Waals surface area contributed by atoms with Crippen molar-refractivity contribution in [3.8, 4) is 5.75 Å². The van der Waals surface area contributed by atoms with Gasteiger partial charge in [-0.25, -0.2) is 0 Å². The Hall–Kier alpha value is -2.41. The Morgan fingerprint density at radius 1 is 0.857 bits per heavy atom. The van der Waals surface area contributed by atoms with Gasteiger partial charge in [0.05, 0.1) is 6.54 Å². The van der Waals surface area contributed by atoms with Crippen LogP contribution >= 0.6 is 0 Å². The SMILES string of the molecule is CCC(=O)c1ccc(OCC(=O)N2CCN(CC(=O)N3CCCC3)CC2)cc1. The highest BCUT2D eigenvalue weighted by atomic mass is 16.5. The number of ketones is 1. The molecule has 0 unspecified atom stereocenters. The molecule has 152 valence electrons. The zero-order chi connectivity index (χ0) is 19.9. The van der Waals surface area contributed by atoms with Crippen LogP contribution in [-0.2, 0) is 9.59 Å². The third kappa shape index (κ3) is 5.32. The van der Waals surface area contributed by atoms with Gasteiger partial charge in [-0.3, -0.25) is 19.3 Å². The van der Waals surface area contributed by atoms with E-state index < -0.39 is 0 Å². The summed E-state index contributed by atoms with van der Waals surface area (Å²) in [5.41, 5.74) is 0.653. The smallest absolute Gasteiger partial charge is 0.260 e. The highest BCUT2D eigenvalue weighted by Gasteiger charge is 2.25. The van der Waals surface area contributed by atoms with E-state index >= 15 is 0 Å². The average molecular weight is 387 g/mol. The minimum absolute atomic E-state index is 0.0201. The van der Waals surface area contributed by atoms with E-state index in [1.165, 1.54) is 0 Å². The fourth-order valence-electron chi connectivity index (χ4n) is 3.59. The van der Waals surface area contributed by atoms with Crippen molar-refractivity contribution in [2.24, 2.45) is 0 Å². The quantitative estimate of drug-likeness (QED) is 0.662. The number of hydrogen-bond acceptors (Lipinski definition) is 5. The van der Waals surface area contributed by atoms with Crippen LogP contribution in [-0.4, -0.2) is 84.7 Å². The molecule has 7 heteroatoms. The van der Waals surface area contributed by atoms with Gasteiger partial charge in [-0.15, -0.1) is 0 Å². The molecule has 0 atom stereocenters. The topological polar surface area (TPSA) is 70.2 Å². The van der Waals surface area contributed by atoms with Crippen LogP contribution in [0.5, 0.6) is 5.75 Å². The van der Waals surface area contributed by atoms with Gasteiger partial charge < -0.3 is 14.5 Å². The van der Waals surface area contributed by atoms with Crippen molar-refractivity contribution >= 4 is 17.6 Å². The van der Waals surface area contributed by atoms with Crippen molar-refractivity contribution in [2.75, 3.05) is 52.4 Å². The molecule has 2 aliphatic rings. The van der Waals surface area contributed by atoms with Crippen LogP contribution in [0.3, 0.4) is 0 Å². The summed E-state index contributed by atoms with van der Waals surface area (Å²) in [6.45, 7) is 6.64. The molecular formula is C21H29N3O4. The number of amides is 2. The molecule has 1 aromatic rings. The summed E-state index contributed by atoms with van der Waals surface area (Å²) in [4.78, 5) is 42.1. The monoisotopic (exact) mass is 387 g/mol. The van der Waals surface area contributed by atoms with E-state index in [0.29, 0.717) is 50.5 Å². The average Bonchev–Trinajstić information content (AvgIpc) is 3.27. The second kappa shape index (κ2) is 9.68. The predicted molar refractivity (Wildman–Crippen MR) is 105 cm³/mol. The van der Waals surface area contributed by atoms with Crippen molar-refractivity contribution in [1.82, 2.24) is 14.7 Å². The van der Waals surface area contributed by atoms with E-state index in [2.05, 4.69) is 4.90 Å². The van der Waals surface area contributed by atoms with Crippen LogP contribution in [0.15, 0.2) is 24.3 Å². The number of likely N-dealkylation sites (tertiary alicyclic amines) is 1. The largest absolute Gasteiger partial charge is 0.484 e. The van der Waals surface area contributed by atoms with E-state index in [0.717, 1.165) is 25.9 Å². The first-order valence-electron chi connectivity index (χ1n) is 10.1. The predicted octanol–water partition coefficient (Wildman–Crippen LogP) is 1.42. The molecule has 3 rings (SSSR count). The second-order valence-corrected chi connectivity index (χ2v) is 7.33. The summed E-state index contributed by atoms with van der Waals surface area (Å²) in [5, 5.41) is 0. The lowest BCUT2D eigenvalue weighted by atomic mass is 10.1. The van der Waals surface area contributed by atoms with Crippen molar-refractivity contribution in [2.45, 2.75) is 26.2 Å². The van der Waals surface area contributed by atoms with Crippen molar-refractivity contribution in [3.05, 3.63) is 29.8 Å². The van der Waals surface area contributed by atoms with Crippen molar-refractivity contribution in [1.29, 1.82) is 0 Å². The highest BCUT2D eigenvalue weighted by Crippen LogP contribution is 2.14. The van der Waals surface area contributed by atoms with E-state index in [1.54, 1.807) is 29.2 Å². The third-order valence-electron chi connectivity index (χ3n) is 5.40. The van der Waals surface area contributed by atoms with Crippen LogP contribution in [0.25, 0.3) is 0 Å².